The van der Waals surface area contributed by atoms with E-state index in [2.05, 4.69) is 9.71 Å². The van der Waals surface area contributed by atoms with Crippen LogP contribution < -0.4 is 14.2 Å². The highest BCUT2D eigenvalue weighted by Crippen LogP contribution is 2.29. The molecule has 0 aliphatic carbocycles. The minimum atomic E-state index is -3.79. The molecule has 4 rings (SSSR count). The summed E-state index contributed by atoms with van der Waals surface area (Å²) < 4.78 is 39.3. The molecule has 0 amide bonds. The van der Waals surface area contributed by atoms with Crippen molar-refractivity contribution in [1.82, 2.24) is 4.98 Å². The number of aromatic nitrogens is 1. The molecule has 0 saturated carbocycles. The van der Waals surface area contributed by atoms with Gasteiger partial charge in [0, 0.05) is 11.8 Å². The van der Waals surface area contributed by atoms with Crippen LogP contribution in [0.3, 0.4) is 0 Å². The molecule has 32 heavy (non-hydrogen) atoms. The molecule has 0 spiro atoms. The average Bonchev–Trinajstić information content (AvgIpc) is 2.84. The lowest BCUT2D eigenvalue weighted by atomic mass is 10.1. The number of nitrogens with zero attached hydrogens (tertiary/aromatic N) is 1. The largest absolute Gasteiger partial charge is 0.497 e. The fourth-order valence-corrected chi connectivity index (χ4v) is 4.19. The van der Waals surface area contributed by atoms with Gasteiger partial charge in [-0.3, -0.25) is 9.71 Å². The van der Waals surface area contributed by atoms with Crippen molar-refractivity contribution in [3.8, 4) is 22.8 Å². The summed E-state index contributed by atoms with van der Waals surface area (Å²) in [5.41, 5.74) is 2.77. The third-order valence-electron chi connectivity index (χ3n) is 4.80. The maximum absolute atomic E-state index is 12.9. The number of ether oxygens (including phenoxy) is 2. The van der Waals surface area contributed by atoms with Crippen molar-refractivity contribution in [2.75, 3.05) is 11.8 Å². The quantitative estimate of drug-likeness (QED) is 0.406. The van der Waals surface area contributed by atoms with E-state index < -0.39 is 10.0 Å². The maximum Gasteiger partial charge on any atom is 0.261 e. The molecule has 1 aromatic heterocycles. The zero-order valence-corrected chi connectivity index (χ0v) is 18.2. The van der Waals surface area contributed by atoms with Crippen molar-refractivity contribution in [3.63, 3.8) is 0 Å². The molecule has 0 bridgehead atoms. The van der Waals surface area contributed by atoms with E-state index in [1.54, 1.807) is 30.5 Å². The summed E-state index contributed by atoms with van der Waals surface area (Å²) in [5.74, 6) is 1.30. The van der Waals surface area contributed by atoms with Crippen LogP contribution in [0.5, 0.6) is 11.5 Å². The summed E-state index contributed by atoms with van der Waals surface area (Å²) in [6.07, 6.45) is 1.63. The van der Waals surface area contributed by atoms with Gasteiger partial charge in [-0.05, 0) is 66.2 Å². The number of nitrogens with one attached hydrogen (secondary N) is 1. The minimum Gasteiger partial charge on any atom is -0.497 e. The Bertz CT molecular complexity index is 1270. The third kappa shape index (κ3) is 5.07. The zero-order chi connectivity index (χ0) is 22.4. The molecule has 3 aromatic carbocycles. The Kier molecular flexibility index (Phi) is 6.37. The number of sulfonamides is 1. The van der Waals surface area contributed by atoms with Gasteiger partial charge in [-0.25, -0.2) is 8.42 Å². The summed E-state index contributed by atoms with van der Waals surface area (Å²) in [7, 11) is -2.26. The Morgan fingerprint density at radius 1 is 0.812 bits per heavy atom. The first-order valence-corrected chi connectivity index (χ1v) is 11.4. The summed E-state index contributed by atoms with van der Waals surface area (Å²) in [6, 6.07) is 26.9. The van der Waals surface area contributed by atoms with Gasteiger partial charge in [0.2, 0.25) is 0 Å². The number of rotatable bonds is 8. The van der Waals surface area contributed by atoms with Crippen LogP contribution in [0.2, 0.25) is 0 Å². The van der Waals surface area contributed by atoms with Gasteiger partial charge in [0.25, 0.3) is 10.0 Å². The molecular formula is C25H22N2O4S. The van der Waals surface area contributed by atoms with Crippen molar-refractivity contribution in [2.24, 2.45) is 0 Å². The molecular weight excluding hydrogens is 424 g/mol. The molecule has 1 N–H and O–H groups in total. The Morgan fingerprint density at radius 2 is 1.50 bits per heavy atom. The molecule has 0 aliphatic rings. The van der Waals surface area contributed by atoms with Gasteiger partial charge < -0.3 is 9.47 Å². The highest BCUT2D eigenvalue weighted by Gasteiger charge is 2.17. The van der Waals surface area contributed by atoms with Crippen LogP contribution in [0.25, 0.3) is 11.3 Å². The lowest BCUT2D eigenvalue weighted by Gasteiger charge is -2.13. The summed E-state index contributed by atoms with van der Waals surface area (Å²) in [5, 5.41) is 0. The second-order valence-corrected chi connectivity index (χ2v) is 8.66. The Labute approximate surface area is 187 Å². The minimum absolute atomic E-state index is 0.137. The fraction of sp³-hybridized carbons (Fsp3) is 0.0800. The van der Waals surface area contributed by atoms with Gasteiger partial charge in [0.1, 0.15) is 18.1 Å². The van der Waals surface area contributed by atoms with Crippen molar-refractivity contribution < 1.29 is 17.9 Å². The van der Waals surface area contributed by atoms with Crippen LogP contribution in [-0.2, 0) is 16.6 Å². The van der Waals surface area contributed by atoms with Gasteiger partial charge in [0.05, 0.1) is 23.4 Å². The van der Waals surface area contributed by atoms with Gasteiger partial charge >= 0.3 is 0 Å². The number of hydrogen-bond acceptors (Lipinski definition) is 5. The average molecular weight is 447 g/mol. The second kappa shape index (κ2) is 9.53. The normalized spacial score (nSPS) is 11.0. The van der Waals surface area contributed by atoms with Crippen LogP contribution in [0, 0.1) is 0 Å². The number of pyridine rings is 1. The molecule has 4 aromatic rings. The van der Waals surface area contributed by atoms with Crippen LogP contribution in [0.15, 0.2) is 102 Å². The molecule has 0 fully saturated rings. The highest BCUT2D eigenvalue weighted by molar-refractivity contribution is 7.92. The van der Waals surface area contributed by atoms with Crippen molar-refractivity contribution in [3.05, 3.63) is 103 Å². The summed E-state index contributed by atoms with van der Waals surface area (Å²) in [4.78, 5) is 4.53. The van der Waals surface area contributed by atoms with Crippen LogP contribution in [0.4, 0.5) is 5.69 Å². The topological polar surface area (TPSA) is 77.5 Å². The fourth-order valence-electron chi connectivity index (χ4n) is 3.13. The Balaban J connectivity index is 1.52. The van der Waals surface area contributed by atoms with Crippen LogP contribution in [0.1, 0.15) is 5.56 Å². The summed E-state index contributed by atoms with van der Waals surface area (Å²) in [6.45, 7) is 0.469. The van der Waals surface area contributed by atoms with E-state index in [0.717, 1.165) is 11.1 Å². The molecule has 6 nitrogen and oxygen atoms in total. The monoisotopic (exact) mass is 446 g/mol. The van der Waals surface area contributed by atoms with E-state index in [-0.39, 0.29) is 4.90 Å². The summed E-state index contributed by atoms with van der Waals surface area (Å²) >= 11 is 0. The molecule has 0 saturated heterocycles. The Morgan fingerprint density at radius 3 is 2.19 bits per heavy atom. The molecule has 0 unspecified atom stereocenters. The van der Waals surface area contributed by atoms with Crippen LogP contribution >= 0.6 is 0 Å². The number of methoxy groups -OCH3 is 1. The molecule has 0 aliphatic heterocycles. The molecule has 0 radical (unpaired) electrons. The van der Waals surface area contributed by atoms with E-state index in [4.69, 9.17) is 9.47 Å². The first-order chi connectivity index (χ1) is 15.5. The van der Waals surface area contributed by atoms with E-state index in [9.17, 15) is 8.42 Å². The molecule has 1 heterocycles. The van der Waals surface area contributed by atoms with E-state index in [1.807, 2.05) is 54.6 Å². The predicted octanol–water partition coefficient (Wildman–Crippen LogP) is 5.14. The SMILES string of the molecule is COc1ccc(S(=O)(=O)Nc2cccnc2-c2ccc(OCc3ccccc3)cc2)cc1. The lowest BCUT2D eigenvalue weighted by Crippen LogP contribution is -2.14. The highest BCUT2D eigenvalue weighted by atomic mass is 32.2. The molecule has 162 valence electrons. The van der Waals surface area contributed by atoms with Crippen LogP contribution in [-0.4, -0.2) is 20.5 Å². The number of hydrogen-bond donors (Lipinski definition) is 1. The van der Waals surface area contributed by atoms with E-state index in [0.29, 0.717) is 29.5 Å². The van der Waals surface area contributed by atoms with Gasteiger partial charge in [-0.15, -0.1) is 0 Å². The first kappa shape index (κ1) is 21.4. The number of benzene rings is 3. The van der Waals surface area contributed by atoms with Gasteiger partial charge in [0.15, 0.2) is 0 Å². The van der Waals surface area contributed by atoms with Crippen molar-refractivity contribution in [2.45, 2.75) is 11.5 Å². The molecule has 0 atom stereocenters. The van der Waals surface area contributed by atoms with Crippen molar-refractivity contribution in [1.29, 1.82) is 0 Å². The number of anilines is 1. The van der Waals surface area contributed by atoms with E-state index in [1.165, 1.54) is 19.2 Å². The third-order valence-corrected chi connectivity index (χ3v) is 6.18. The lowest BCUT2D eigenvalue weighted by molar-refractivity contribution is 0.306. The Hall–Kier alpha value is -3.84. The standard InChI is InChI=1S/C25H22N2O4S/c1-30-21-13-15-23(16-14-21)32(28,29)27-24-8-5-17-26-25(24)20-9-11-22(12-10-20)31-18-19-6-3-2-4-7-19/h2-17,27H,18H2,1H3. The first-order valence-electron chi connectivity index (χ1n) is 9.94. The van der Waals surface area contributed by atoms with E-state index >= 15 is 0 Å². The van der Waals surface area contributed by atoms with Gasteiger partial charge in [-0.2, -0.15) is 0 Å². The van der Waals surface area contributed by atoms with Crippen molar-refractivity contribution >= 4 is 15.7 Å². The smallest absolute Gasteiger partial charge is 0.261 e. The second-order valence-electron chi connectivity index (χ2n) is 6.98. The predicted molar refractivity (Wildman–Crippen MR) is 124 cm³/mol. The zero-order valence-electron chi connectivity index (χ0n) is 17.4. The maximum atomic E-state index is 12.9. The molecule has 7 heteroatoms. The van der Waals surface area contributed by atoms with Gasteiger partial charge in [-0.1, -0.05) is 30.3 Å².